The zero-order valence-corrected chi connectivity index (χ0v) is 18.5. The lowest BCUT2D eigenvalue weighted by Gasteiger charge is -2.19. The summed E-state index contributed by atoms with van der Waals surface area (Å²) in [6.45, 7) is 1.94. The van der Waals surface area contributed by atoms with Crippen molar-refractivity contribution in [2.45, 2.75) is 25.8 Å². The van der Waals surface area contributed by atoms with E-state index in [9.17, 15) is 9.59 Å². The molecular weight excluding hydrogens is 434 g/mol. The molecule has 1 atom stereocenters. The number of rotatable bonds is 9. The molecule has 168 valence electrons. The van der Waals surface area contributed by atoms with Crippen molar-refractivity contribution in [3.8, 4) is 5.75 Å². The number of urea groups is 1. The number of methoxy groups -OCH3 is 1. The summed E-state index contributed by atoms with van der Waals surface area (Å²) in [6.07, 6.45) is 1.93. The Kier molecular flexibility index (Phi) is 8.10. The van der Waals surface area contributed by atoms with Gasteiger partial charge >= 0.3 is 12.0 Å². The highest BCUT2D eigenvalue weighted by Gasteiger charge is 2.23. The van der Waals surface area contributed by atoms with Crippen LogP contribution >= 0.6 is 11.6 Å². The summed E-state index contributed by atoms with van der Waals surface area (Å²) >= 11 is 5.90. The van der Waals surface area contributed by atoms with E-state index >= 15 is 0 Å². The monoisotopic (exact) mass is 457 g/mol. The summed E-state index contributed by atoms with van der Waals surface area (Å²) in [5.74, 6) is 0.511. The summed E-state index contributed by atoms with van der Waals surface area (Å²) in [5, 5.41) is 6.29. The van der Waals surface area contributed by atoms with Gasteiger partial charge in [0.2, 0.25) is 0 Å². The van der Waals surface area contributed by atoms with Crippen LogP contribution in [0.5, 0.6) is 5.75 Å². The minimum atomic E-state index is -0.565. The number of hydrogen-bond acceptors (Lipinski definition) is 6. The van der Waals surface area contributed by atoms with Gasteiger partial charge in [0, 0.05) is 23.2 Å². The fraction of sp³-hybridized carbons (Fsp3) is 0.261. The maximum Gasteiger partial charge on any atom is 0.360 e. The molecule has 1 aromatic heterocycles. The van der Waals surface area contributed by atoms with E-state index in [2.05, 4.69) is 15.6 Å². The first kappa shape index (κ1) is 23.1. The summed E-state index contributed by atoms with van der Waals surface area (Å²) in [5.41, 5.74) is 1.67. The number of benzene rings is 2. The standard InChI is InChI=1S/C23H24ClN3O5/c1-3-31-22(28)21-20(32-14-25-21)13-18(12-15-4-10-19(30-2)11-5-15)27-23(29)26-17-8-6-16(24)7-9-17/h4-11,14,18H,3,12-13H2,1-2H3,(H2,26,27,29)/t18-/m0/s1. The third kappa shape index (κ3) is 6.49. The van der Waals surface area contributed by atoms with Gasteiger partial charge in [-0.05, 0) is 55.3 Å². The first-order valence-electron chi connectivity index (χ1n) is 10.0. The van der Waals surface area contributed by atoms with Crippen LogP contribution in [0.3, 0.4) is 0 Å². The zero-order valence-electron chi connectivity index (χ0n) is 17.8. The number of amides is 2. The van der Waals surface area contributed by atoms with Crippen LogP contribution in [0.4, 0.5) is 10.5 Å². The molecule has 0 radical (unpaired) electrons. The quantitative estimate of drug-likeness (QED) is 0.459. The van der Waals surface area contributed by atoms with Crippen LogP contribution in [0, 0.1) is 0 Å². The number of hydrogen-bond donors (Lipinski definition) is 2. The van der Waals surface area contributed by atoms with Crippen LogP contribution in [-0.2, 0) is 17.6 Å². The number of esters is 1. The Labute approximate surface area is 190 Å². The molecule has 0 aliphatic heterocycles. The highest BCUT2D eigenvalue weighted by Crippen LogP contribution is 2.17. The predicted molar refractivity (Wildman–Crippen MR) is 120 cm³/mol. The smallest absolute Gasteiger partial charge is 0.360 e. The van der Waals surface area contributed by atoms with Gasteiger partial charge in [-0.1, -0.05) is 23.7 Å². The second kappa shape index (κ2) is 11.2. The first-order valence-corrected chi connectivity index (χ1v) is 10.4. The summed E-state index contributed by atoms with van der Waals surface area (Å²) in [6, 6.07) is 13.5. The molecule has 3 rings (SSSR count). The average Bonchev–Trinajstić information content (AvgIpc) is 3.24. The molecular formula is C23H24ClN3O5. The van der Waals surface area contributed by atoms with E-state index in [0.717, 1.165) is 11.3 Å². The molecule has 2 N–H and O–H groups in total. The van der Waals surface area contributed by atoms with E-state index in [1.54, 1.807) is 38.3 Å². The van der Waals surface area contributed by atoms with Gasteiger partial charge in [0.15, 0.2) is 12.1 Å². The van der Waals surface area contributed by atoms with Crippen LogP contribution in [-0.4, -0.2) is 36.7 Å². The molecule has 2 amide bonds. The third-order valence-electron chi connectivity index (χ3n) is 4.62. The molecule has 9 heteroatoms. The Morgan fingerprint density at radius 3 is 2.47 bits per heavy atom. The van der Waals surface area contributed by atoms with Crippen LogP contribution in [0.1, 0.15) is 28.7 Å². The van der Waals surface area contributed by atoms with E-state index in [1.807, 2.05) is 24.3 Å². The van der Waals surface area contributed by atoms with Crippen molar-refractivity contribution in [1.82, 2.24) is 10.3 Å². The Morgan fingerprint density at radius 1 is 1.09 bits per heavy atom. The van der Waals surface area contributed by atoms with Crippen LogP contribution in [0.25, 0.3) is 0 Å². The molecule has 0 saturated carbocycles. The maximum atomic E-state index is 12.6. The fourth-order valence-electron chi connectivity index (χ4n) is 3.11. The molecule has 1 heterocycles. The Balaban J connectivity index is 1.75. The molecule has 32 heavy (non-hydrogen) atoms. The molecule has 0 aliphatic rings. The Hall–Kier alpha value is -3.52. The molecule has 2 aromatic carbocycles. The number of ether oxygens (including phenoxy) is 2. The van der Waals surface area contributed by atoms with Crippen molar-refractivity contribution in [2.24, 2.45) is 0 Å². The van der Waals surface area contributed by atoms with E-state index in [0.29, 0.717) is 22.9 Å². The number of aromatic nitrogens is 1. The molecule has 0 bridgehead atoms. The van der Waals surface area contributed by atoms with Crippen molar-refractivity contribution in [2.75, 3.05) is 19.0 Å². The molecule has 3 aromatic rings. The molecule has 0 saturated heterocycles. The number of nitrogens with zero attached hydrogens (tertiary/aromatic N) is 1. The SMILES string of the molecule is CCOC(=O)c1ncoc1C[C@H](Cc1ccc(OC)cc1)NC(=O)Nc1ccc(Cl)cc1. The highest BCUT2D eigenvalue weighted by molar-refractivity contribution is 6.30. The van der Waals surface area contributed by atoms with Gasteiger partial charge in [0.25, 0.3) is 0 Å². The lowest BCUT2D eigenvalue weighted by atomic mass is 10.0. The van der Waals surface area contributed by atoms with Crippen molar-refractivity contribution in [3.63, 3.8) is 0 Å². The number of oxazole rings is 1. The van der Waals surface area contributed by atoms with Gasteiger partial charge in [-0.2, -0.15) is 0 Å². The lowest BCUT2D eigenvalue weighted by molar-refractivity contribution is 0.0517. The zero-order chi connectivity index (χ0) is 22.9. The number of anilines is 1. The van der Waals surface area contributed by atoms with Gasteiger partial charge in [-0.25, -0.2) is 14.6 Å². The third-order valence-corrected chi connectivity index (χ3v) is 4.87. The van der Waals surface area contributed by atoms with Crippen LogP contribution in [0.15, 0.2) is 59.3 Å². The molecule has 8 nitrogen and oxygen atoms in total. The first-order chi connectivity index (χ1) is 15.5. The van der Waals surface area contributed by atoms with Gasteiger partial charge in [-0.3, -0.25) is 0 Å². The average molecular weight is 458 g/mol. The summed E-state index contributed by atoms with van der Waals surface area (Å²) < 4.78 is 15.7. The predicted octanol–water partition coefficient (Wildman–Crippen LogP) is 4.49. The van der Waals surface area contributed by atoms with Gasteiger partial charge in [0.1, 0.15) is 11.5 Å². The van der Waals surface area contributed by atoms with E-state index in [-0.39, 0.29) is 18.7 Å². The van der Waals surface area contributed by atoms with Crippen molar-refractivity contribution in [3.05, 3.63) is 77.0 Å². The molecule has 0 spiro atoms. The van der Waals surface area contributed by atoms with Crippen molar-refractivity contribution < 1.29 is 23.5 Å². The number of nitrogens with one attached hydrogen (secondary N) is 2. The second-order valence-corrected chi connectivity index (χ2v) is 7.34. The Bertz CT molecular complexity index is 1030. The lowest BCUT2D eigenvalue weighted by Crippen LogP contribution is -2.40. The molecule has 0 aliphatic carbocycles. The van der Waals surface area contributed by atoms with E-state index in [1.165, 1.54) is 6.39 Å². The number of carbonyl (C=O) groups excluding carboxylic acids is 2. The van der Waals surface area contributed by atoms with Crippen LogP contribution < -0.4 is 15.4 Å². The van der Waals surface area contributed by atoms with Gasteiger partial charge < -0.3 is 24.5 Å². The normalized spacial score (nSPS) is 11.5. The summed E-state index contributed by atoms with van der Waals surface area (Å²) in [4.78, 5) is 28.8. The minimum Gasteiger partial charge on any atom is -0.497 e. The highest BCUT2D eigenvalue weighted by atomic mass is 35.5. The van der Waals surface area contributed by atoms with Crippen molar-refractivity contribution in [1.29, 1.82) is 0 Å². The summed E-state index contributed by atoms with van der Waals surface area (Å²) in [7, 11) is 1.60. The Morgan fingerprint density at radius 2 is 1.81 bits per heavy atom. The van der Waals surface area contributed by atoms with Crippen LogP contribution in [0.2, 0.25) is 5.02 Å². The topological polar surface area (TPSA) is 103 Å². The fourth-order valence-corrected chi connectivity index (χ4v) is 3.24. The second-order valence-electron chi connectivity index (χ2n) is 6.90. The molecule has 0 unspecified atom stereocenters. The minimum absolute atomic E-state index is 0.103. The van der Waals surface area contributed by atoms with Gasteiger partial charge in [-0.15, -0.1) is 0 Å². The largest absolute Gasteiger partial charge is 0.497 e. The maximum absolute atomic E-state index is 12.6. The van der Waals surface area contributed by atoms with E-state index < -0.39 is 18.0 Å². The number of carbonyl (C=O) groups is 2. The van der Waals surface area contributed by atoms with Crippen molar-refractivity contribution >= 4 is 29.3 Å². The van der Waals surface area contributed by atoms with Gasteiger partial charge in [0.05, 0.1) is 13.7 Å². The number of halogens is 1. The van der Waals surface area contributed by atoms with E-state index in [4.69, 9.17) is 25.5 Å². The molecule has 0 fully saturated rings.